The molecular weight excluding hydrogens is 512 g/mol. The SMILES string of the molecule is CSCC[C@H](NC(=O)[C@H](Cc1ccccc1)n1c(=O)[nH]c2ccccc2c1=O)C(=O)N[C@H](C(=O)O)C(C)O. The first-order valence-corrected chi connectivity index (χ1v) is 13.3. The molecule has 0 radical (unpaired) electrons. The molecule has 3 aromatic rings. The third-order valence-corrected chi connectivity index (χ3v) is 6.66. The minimum atomic E-state index is -1.58. The molecule has 12 heteroatoms. The summed E-state index contributed by atoms with van der Waals surface area (Å²) < 4.78 is 0.837. The second-order valence-electron chi connectivity index (χ2n) is 8.76. The highest BCUT2D eigenvalue weighted by molar-refractivity contribution is 7.98. The van der Waals surface area contributed by atoms with E-state index in [1.165, 1.54) is 18.7 Å². The third kappa shape index (κ3) is 6.90. The second kappa shape index (κ2) is 13.1. The summed E-state index contributed by atoms with van der Waals surface area (Å²) in [6, 6.07) is 11.2. The van der Waals surface area contributed by atoms with Gasteiger partial charge in [-0.15, -0.1) is 0 Å². The van der Waals surface area contributed by atoms with Crippen LogP contribution in [0.5, 0.6) is 0 Å². The number of aliphatic hydroxyl groups excluding tert-OH is 1. The van der Waals surface area contributed by atoms with E-state index in [9.17, 15) is 34.2 Å². The Hall–Kier alpha value is -3.90. The molecule has 3 rings (SSSR count). The number of rotatable bonds is 12. The molecular formula is C26H30N4O7S. The zero-order valence-electron chi connectivity index (χ0n) is 20.9. The number of aliphatic carboxylic acids is 1. The van der Waals surface area contributed by atoms with Crippen LogP contribution in [0, 0.1) is 0 Å². The van der Waals surface area contributed by atoms with Crippen molar-refractivity contribution in [3.05, 3.63) is 81.0 Å². The van der Waals surface area contributed by atoms with E-state index >= 15 is 0 Å². The van der Waals surface area contributed by atoms with Crippen molar-refractivity contribution in [2.75, 3.05) is 12.0 Å². The van der Waals surface area contributed by atoms with Gasteiger partial charge in [0.2, 0.25) is 11.8 Å². The Morgan fingerprint density at radius 3 is 2.29 bits per heavy atom. The van der Waals surface area contributed by atoms with Crippen LogP contribution in [0.4, 0.5) is 0 Å². The van der Waals surface area contributed by atoms with Gasteiger partial charge in [-0.2, -0.15) is 11.8 Å². The van der Waals surface area contributed by atoms with E-state index < -0.39 is 53.3 Å². The van der Waals surface area contributed by atoms with Crippen molar-refractivity contribution < 1.29 is 24.6 Å². The molecule has 0 aliphatic rings. The van der Waals surface area contributed by atoms with Crippen LogP contribution in [-0.2, 0) is 20.8 Å². The largest absolute Gasteiger partial charge is 0.480 e. The Balaban J connectivity index is 2.01. The normalized spacial score (nSPS) is 14.3. The standard InChI is InChI=1S/C26H30N4O7S/c1-15(31)21(25(35)36)29-22(32)19(12-13-38-2)27-23(33)20(14-16-8-4-3-5-9-16)30-24(34)17-10-6-7-11-18(17)28-26(30)37/h3-11,15,19-21,31H,12-14H2,1-2H3,(H,27,33)(H,28,37)(H,29,32)(H,35,36)/t15?,19-,20-,21-/m0/s1. The number of aromatic nitrogens is 2. The maximum Gasteiger partial charge on any atom is 0.329 e. The molecule has 11 nitrogen and oxygen atoms in total. The lowest BCUT2D eigenvalue weighted by molar-refractivity contribution is -0.145. The number of para-hydroxylation sites is 1. The number of thioether (sulfide) groups is 1. The number of hydrogen-bond acceptors (Lipinski definition) is 7. The number of aromatic amines is 1. The summed E-state index contributed by atoms with van der Waals surface area (Å²) in [6.07, 6.45) is 0.551. The number of hydrogen-bond donors (Lipinski definition) is 5. The molecule has 5 N–H and O–H groups in total. The Labute approximate surface area is 222 Å². The highest BCUT2D eigenvalue weighted by Crippen LogP contribution is 2.15. The minimum absolute atomic E-state index is 0.0176. The summed E-state index contributed by atoms with van der Waals surface area (Å²) in [5, 5.41) is 24.2. The molecule has 0 aliphatic carbocycles. The smallest absolute Gasteiger partial charge is 0.329 e. The number of nitrogens with one attached hydrogen (secondary N) is 3. The highest BCUT2D eigenvalue weighted by atomic mass is 32.2. The first-order chi connectivity index (χ1) is 18.1. The Morgan fingerprint density at radius 2 is 1.66 bits per heavy atom. The summed E-state index contributed by atoms with van der Waals surface area (Å²) in [4.78, 5) is 67.1. The van der Waals surface area contributed by atoms with E-state index in [4.69, 9.17) is 0 Å². The molecule has 1 heterocycles. The van der Waals surface area contributed by atoms with E-state index in [0.29, 0.717) is 16.8 Å². The quantitative estimate of drug-likeness (QED) is 0.222. The molecule has 202 valence electrons. The monoisotopic (exact) mass is 542 g/mol. The first kappa shape index (κ1) is 28.7. The predicted molar refractivity (Wildman–Crippen MR) is 144 cm³/mol. The molecule has 0 aliphatic heterocycles. The van der Waals surface area contributed by atoms with Crippen LogP contribution in [0.2, 0.25) is 0 Å². The van der Waals surface area contributed by atoms with E-state index in [2.05, 4.69) is 15.6 Å². The van der Waals surface area contributed by atoms with Gasteiger partial charge in [-0.25, -0.2) is 14.2 Å². The number of carbonyl (C=O) groups excluding carboxylic acids is 2. The fourth-order valence-electron chi connectivity index (χ4n) is 4.01. The lowest BCUT2D eigenvalue weighted by Crippen LogP contribution is -2.56. The van der Waals surface area contributed by atoms with Crippen molar-refractivity contribution in [2.24, 2.45) is 0 Å². The van der Waals surface area contributed by atoms with Crippen molar-refractivity contribution in [1.29, 1.82) is 0 Å². The van der Waals surface area contributed by atoms with Gasteiger partial charge in [0.25, 0.3) is 5.56 Å². The third-order valence-electron chi connectivity index (χ3n) is 6.01. The van der Waals surface area contributed by atoms with Crippen LogP contribution < -0.4 is 21.9 Å². The molecule has 1 unspecified atom stereocenters. The van der Waals surface area contributed by atoms with Gasteiger partial charge in [0.05, 0.1) is 17.0 Å². The van der Waals surface area contributed by atoms with Gasteiger partial charge < -0.3 is 25.8 Å². The molecule has 4 atom stereocenters. The number of fused-ring (bicyclic) bond motifs is 1. The second-order valence-corrected chi connectivity index (χ2v) is 9.75. The number of H-pyrrole nitrogens is 1. The van der Waals surface area contributed by atoms with E-state index in [1.54, 1.807) is 60.9 Å². The van der Waals surface area contributed by atoms with E-state index in [-0.39, 0.29) is 18.2 Å². The molecule has 0 saturated carbocycles. The Bertz CT molecular complexity index is 1400. The van der Waals surface area contributed by atoms with Crippen molar-refractivity contribution in [2.45, 2.75) is 44.0 Å². The van der Waals surface area contributed by atoms with E-state index in [1.807, 2.05) is 0 Å². The van der Waals surface area contributed by atoms with Gasteiger partial charge in [-0.1, -0.05) is 42.5 Å². The van der Waals surface area contributed by atoms with Crippen molar-refractivity contribution in [3.8, 4) is 0 Å². The van der Waals surface area contributed by atoms with E-state index in [0.717, 1.165) is 4.57 Å². The van der Waals surface area contributed by atoms with Gasteiger partial charge in [0.1, 0.15) is 12.1 Å². The number of carboxylic acid groups (broad SMARTS) is 1. The number of carbonyl (C=O) groups is 3. The van der Waals surface area contributed by atoms with Crippen LogP contribution >= 0.6 is 11.8 Å². The zero-order valence-corrected chi connectivity index (χ0v) is 21.7. The molecule has 0 fully saturated rings. The summed E-state index contributed by atoms with van der Waals surface area (Å²) in [7, 11) is 0. The average molecular weight is 543 g/mol. The lowest BCUT2D eigenvalue weighted by atomic mass is 10.0. The molecule has 1 aromatic heterocycles. The molecule has 0 spiro atoms. The Morgan fingerprint density at radius 1 is 1.00 bits per heavy atom. The number of nitrogens with zero attached hydrogens (tertiary/aromatic N) is 1. The first-order valence-electron chi connectivity index (χ1n) is 11.9. The predicted octanol–water partition coefficient (Wildman–Crippen LogP) is 0.662. The van der Waals surface area contributed by atoms with Gasteiger partial charge in [0, 0.05) is 6.42 Å². The minimum Gasteiger partial charge on any atom is -0.480 e. The summed E-state index contributed by atoms with van der Waals surface area (Å²) in [5.41, 5.74) is -0.439. The van der Waals surface area contributed by atoms with Gasteiger partial charge in [-0.05, 0) is 43.0 Å². The highest BCUT2D eigenvalue weighted by Gasteiger charge is 2.32. The number of aliphatic hydroxyl groups is 1. The molecule has 0 saturated heterocycles. The lowest BCUT2D eigenvalue weighted by Gasteiger charge is -2.25. The fourth-order valence-corrected chi connectivity index (χ4v) is 4.48. The molecule has 2 aromatic carbocycles. The van der Waals surface area contributed by atoms with Crippen molar-refractivity contribution >= 4 is 40.4 Å². The molecule has 2 amide bonds. The number of amides is 2. The topological polar surface area (TPSA) is 171 Å². The number of carboxylic acids is 1. The Kier molecular flexibility index (Phi) is 9.85. The van der Waals surface area contributed by atoms with Gasteiger partial charge in [-0.3, -0.25) is 14.4 Å². The van der Waals surface area contributed by atoms with Crippen molar-refractivity contribution in [3.63, 3.8) is 0 Å². The zero-order chi connectivity index (χ0) is 27.8. The molecule has 38 heavy (non-hydrogen) atoms. The molecule has 0 bridgehead atoms. The van der Waals surface area contributed by atoms with Crippen LogP contribution in [0.3, 0.4) is 0 Å². The average Bonchev–Trinajstić information content (AvgIpc) is 2.89. The summed E-state index contributed by atoms with van der Waals surface area (Å²) >= 11 is 1.41. The van der Waals surface area contributed by atoms with Gasteiger partial charge >= 0.3 is 11.7 Å². The van der Waals surface area contributed by atoms with Gasteiger partial charge in [0.15, 0.2) is 6.04 Å². The maximum atomic E-state index is 13.6. The summed E-state index contributed by atoms with van der Waals surface area (Å²) in [6.45, 7) is 1.23. The van der Waals surface area contributed by atoms with Crippen LogP contribution in [0.1, 0.15) is 24.9 Å². The summed E-state index contributed by atoms with van der Waals surface area (Å²) in [5.74, 6) is -2.55. The van der Waals surface area contributed by atoms with Crippen molar-refractivity contribution in [1.82, 2.24) is 20.2 Å². The number of benzene rings is 2. The van der Waals surface area contributed by atoms with Crippen LogP contribution in [0.25, 0.3) is 10.9 Å². The van der Waals surface area contributed by atoms with Crippen LogP contribution in [0.15, 0.2) is 64.2 Å². The van der Waals surface area contributed by atoms with Crippen LogP contribution in [-0.4, -0.2) is 67.7 Å². The fraction of sp³-hybridized carbons (Fsp3) is 0.346. The maximum absolute atomic E-state index is 13.6.